The predicted octanol–water partition coefficient (Wildman–Crippen LogP) is 2.37. The molecule has 2 aliphatic rings. The molecule has 1 saturated heterocycles. The van der Waals surface area contributed by atoms with E-state index in [0.717, 1.165) is 24.8 Å². The maximum absolute atomic E-state index is 11.9. The number of cyclic esters (lactones) is 1. The van der Waals surface area contributed by atoms with E-state index >= 15 is 0 Å². The standard InChI is InChI=1S/C14H20O4/c1-4-17-12(15)10-7-5-6-9(10)11-8-14(2,3)18-13(11)16/h11H,4-8H2,1-3H3. The topological polar surface area (TPSA) is 52.6 Å². The van der Waals surface area contributed by atoms with Crippen LogP contribution in [0.2, 0.25) is 0 Å². The zero-order chi connectivity index (χ0) is 13.3. The number of carbonyl (C=O) groups is 2. The number of carbonyl (C=O) groups excluding carboxylic acids is 2. The molecule has 0 spiro atoms. The summed E-state index contributed by atoms with van der Waals surface area (Å²) in [5, 5.41) is 0. The van der Waals surface area contributed by atoms with Crippen LogP contribution in [0.5, 0.6) is 0 Å². The van der Waals surface area contributed by atoms with Gasteiger partial charge in [-0.2, -0.15) is 0 Å². The lowest BCUT2D eigenvalue weighted by atomic mass is 9.89. The minimum absolute atomic E-state index is 0.196. The Morgan fingerprint density at radius 2 is 2.17 bits per heavy atom. The van der Waals surface area contributed by atoms with Crippen molar-refractivity contribution in [2.24, 2.45) is 5.92 Å². The first-order chi connectivity index (χ1) is 8.44. The fourth-order valence-electron chi connectivity index (χ4n) is 2.83. The van der Waals surface area contributed by atoms with Gasteiger partial charge in [-0.3, -0.25) is 4.79 Å². The zero-order valence-corrected chi connectivity index (χ0v) is 11.2. The van der Waals surface area contributed by atoms with Crippen molar-refractivity contribution < 1.29 is 19.1 Å². The summed E-state index contributed by atoms with van der Waals surface area (Å²) in [7, 11) is 0. The van der Waals surface area contributed by atoms with Crippen LogP contribution in [0.3, 0.4) is 0 Å². The molecule has 0 aromatic rings. The summed E-state index contributed by atoms with van der Waals surface area (Å²) in [6.07, 6.45) is 3.11. The molecule has 0 aromatic heterocycles. The lowest BCUT2D eigenvalue weighted by Crippen LogP contribution is -2.17. The normalized spacial score (nSPS) is 26.4. The van der Waals surface area contributed by atoms with Crippen molar-refractivity contribution in [3.05, 3.63) is 11.1 Å². The third kappa shape index (κ3) is 2.42. The Kier molecular flexibility index (Phi) is 3.46. The van der Waals surface area contributed by atoms with Gasteiger partial charge in [0.2, 0.25) is 0 Å². The second-order valence-electron chi connectivity index (χ2n) is 5.52. The third-order valence-electron chi connectivity index (χ3n) is 3.56. The van der Waals surface area contributed by atoms with Gasteiger partial charge in [0.15, 0.2) is 0 Å². The average molecular weight is 252 g/mol. The molecule has 0 aromatic carbocycles. The quantitative estimate of drug-likeness (QED) is 0.724. The molecule has 0 saturated carbocycles. The van der Waals surface area contributed by atoms with Crippen molar-refractivity contribution >= 4 is 11.9 Å². The second-order valence-corrected chi connectivity index (χ2v) is 5.52. The van der Waals surface area contributed by atoms with Crippen LogP contribution >= 0.6 is 0 Å². The van der Waals surface area contributed by atoms with Crippen molar-refractivity contribution in [3.63, 3.8) is 0 Å². The molecule has 4 nitrogen and oxygen atoms in total. The molecule has 1 aliphatic heterocycles. The van der Waals surface area contributed by atoms with Crippen molar-refractivity contribution in [2.45, 2.75) is 52.1 Å². The number of rotatable bonds is 3. The largest absolute Gasteiger partial charge is 0.463 e. The summed E-state index contributed by atoms with van der Waals surface area (Å²) in [4.78, 5) is 23.7. The van der Waals surface area contributed by atoms with E-state index in [9.17, 15) is 9.59 Å². The fraction of sp³-hybridized carbons (Fsp3) is 0.714. The number of hydrogen-bond acceptors (Lipinski definition) is 4. The monoisotopic (exact) mass is 252 g/mol. The molecule has 1 aliphatic carbocycles. The van der Waals surface area contributed by atoms with Crippen molar-refractivity contribution in [1.82, 2.24) is 0 Å². The smallest absolute Gasteiger partial charge is 0.333 e. The molecule has 0 bridgehead atoms. The minimum Gasteiger partial charge on any atom is -0.463 e. The fourth-order valence-corrected chi connectivity index (χ4v) is 2.83. The summed E-state index contributed by atoms with van der Waals surface area (Å²) in [6, 6.07) is 0. The Balaban J connectivity index is 2.23. The molecule has 4 heteroatoms. The van der Waals surface area contributed by atoms with Crippen LogP contribution < -0.4 is 0 Å². The summed E-state index contributed by atoms with van der Waals surface area (Å²) >= 11 is 0. The van der Waals surface area contributed by atoms with E-state index in [-0.39, 0.29) is 17.9 Å². The average Bonchev–Trinajstić information content (AvgIpc) is 2.82. The Hall–Kier alpha value is -1.32. The predicted molar refractivity (Wildman–Crippen MR) is 65.8 cm³/mol. The van der Waals surface area contributed by atoms with Crippen LogP contribution in [-0.4, -0.2) is 24.1 Å². The summed E-state index contributed by atoms with van der Waals surface area (Å²) < 4.78 is 10.4. The summed E-state index contributed by atoms with van der Waals surface area (Å²) in [5.74, 6) is -0.705. The molecule has 100 valence electrons. The Bertz CT molecular complexity index is 406. The van der Waals surface area contributed by atoms with E-state index in [1.165, 1.54) is 0 Å². The Morgan fingerprint density at radius 3 is 2.72 bits per heavy atom. The lowest BCUT2D eigenvalue weighted by Gasteiger charge is -2.15. The van der Waals surface area contributed by atoms with E-state index in [1.807, 2.05) is 13.8 Å². The minimum atomic E-state index is -0.420. The molecule has 1 fully saturated rings. The molecular formula is C14H20O4. The first-order valence-corrected chi connectivity index (χ1v) is 6.56. The van der Waals surface area contributed by atoms with Gasteiger partial charge < -0.3 is 9.47 Å². The lowest BCUT2D eigenvalue weighted by molar-refractivity contribution is -0.147. The summed E-state index contributed by atoms with van der Waals surface area (Å²) in [6.45, 7) is 5.98. The van der Waals surface area contributed by atoms with Crippen molar-refractivity contribution in [3.8, 4) is 0 Å². The van der Waals surface area contributed by atoms with Crippen molar-refractivity contribution in [1.29, 1.82) is 0 Å². The Morgan fingerprint density at radius 1 is 1.44 bits per heavy atom. The zero-order valence-electron chi connectivity index (χ0n) is 11.2. The van der Waals surface area contributed by atoms with E-state index in [1.54, 1.807) is 6.92 Å². The van der Waals surface area contributed by atoms with Gasteiger partial charge in [0, 0.05) is 12.0 Å². The number of esters is 2. The molecule has 0 amide bonds. The van der Waals surface area contributed by atoms with E-state index in [0.29, 0.717) is 18.6 Å². The van der Waals surface area contributed by atoms with Gasteiger partial charge in [-0.1, -0.05) is 0 Å². The molecule has 1 heterocycles. The highest BCUT2D eigenvalue weighted by Crippen LogP contribution is 2.41. The molecule has 18 heavy (non-hydrogen) atoms. The maximum atomic E-state index is 11.9. The van der Waals surface area contributed by atoms with E-state index < -0.39 is 5.60 Å². The molecule has 1 atom stereocenters. The molecule has 0 radical (unpaired) electrons. The van der Waals surface area contributed by atoms with Crippen LogP contribution in [0.15, 0.2) is 11.1 Å². The molecule has 1 unspecified atom stereocenters. The van der Waals surface area contributed by atoms with E-state index in [2.05, 4.69) is 0 Å². The molecule has 2 rings (SSSR count). The first-order valence-electron chi connectivity index (χ1n) is 6.56. The highest BCUT2D eigenvalue weighted by Gasteiger charge is 2.44. The number of hydrogen-bond donors (Lipinski definition) is 0. The highest BCUT2D eigenvalue weighted by atomic mass is 16.6. The SMILES string of the molecule is CCOC(=O)C1=C(C2CC(C)(C)OC2=O)CCC1. The van der Waals surface area contributed by atoms with Gasteiger partial charge in [0.25, 0.3) is 0 Å². The van der Waals surface area contributed by atoms with Gasteiger partial charge >= 0.3 is 11.9 Å². The van der Waals surface area contributed by atoms with Crippen LogP contribution in [0, 0.1) is 5.92 Å². The summed E-state index contributed by atoms with van der Waals surface area (Å²) in [5.41, 5.74) is 1.23. The molecular weight excluding hydrogens is 232 g/mol. The third-order valence-corrected chi connectivity index (χ3v) is 3.56. The van der Waals surface area contributed by atoms with Crippen molar-refractivity contribution in [2.75, 3.05) is 6.61 Å². The van der Waals surface area contributed by atoms with Crippen LogP contribution in [0.4, 0.5) is 0 Å². The maximum Gasteiger partial charge on any atom is 0.333 e. The number of ether oxygens (including phenoxy) is 2. The second kappa shape index (κ2) is 4.75. The van der Waals surface area contributed by atoms with Crippen LogP contribution in [0.1, 0.15) is 46.5 Å². The van der Waals surface area contributed by atoms with Gasteiger partial charge in [-0.25, -0.2) is 4.79 Å². The van der Waals surface area contributed by atoms with Gasteiger partial charge in [-0.15, -0.1) is 0 Å². The molecule has 0 N–H and O–H groups in total. The van der Waals surface area contributed by atoms with Crippen LogP contribution in [0.25, 0.3) is 0 Å². The van der Waals surface area contributed by atoms with E-state index in [4.69, 9.17) is 9.47 Å². The van der Waals surface area contributed by atoms with Crippen LogP contribution in [-0.2, 0) is 19.1 Å². The Labute approximate surface area is 107 Å². The van der Waals surface area contributed by atoms with Gasteiger partial charge in [0.05, 0.1) is 12.5 Å². The highest BCUT2D eigenvalue weighted by molar-refractivity contribution is 5.92. The van der Waals surface area contributed by atoms with Gasteiger partial charge in [0.1, 0.15) is 5.60 Å². The first kappa shape index (κ1) is 13.1. The van der Waals surface area contributed by atoms with Gasteiger partial charge in [-0.05, 0) is 45.6 Å².